The number of rotatable bonds is 5. The number of H-pyrrole nitrogens is 1. The lowest BCUT2D eigenvalue weighted by molar-refractivity contribution is 0.348. The first kappa shape index (κ1) is 11.6. The van der Waals surface area contributed by atoms with Crippen LogP contribution in [-0.2, 0) is 19.4 Å². The molecule has 16 heavy (non-hydrogen) atoms. The van der Waals surface area contributed by atoms with Gasteiger partial charge in [-0.1, -0.05) is 0 Å². The summed E-state index contributed by atoms with van der Waals surface area (Å²) < 4.78 is 0. The second kappa shape index (κ2) is 4.97. The van der Waals surface area contributed by atoms with Crippen LogP contribution in [0, 0.1) is 0 Å². The zero-order valence-electron chi connectivity index (χ0n) is 10.5. The third-order valence-electron chi connectivity index (χ3n) is 3.15. The molecule has 90 valence electrons. The third kappa shape index (κ3) is 2.62. The average Bonchev–Trinajstić information content (AvgIpc) is 2.75. The zero-order valence-corrected chi connectivity index (χ0v) is 10.5. The average molecular weight is 222 g/mol. The van der Waals surface area contributed by atoms with Gasteiger partial charge in [-0.25, -0.2) is 0 Å². The van der Waals surface area contributed by atoms with Crippen LogP contribution in [-0.4, -0.2) is 41.8 Å². The van der Waals surface area contributed by atoms with Gasteiger partial charge in [0.05, 0.1) is 5.69 Å². The second-order valence-corrected chi connectivity index (χ2v) is 5.03. The van der Waals surface area contributed by atoms with Gasteiger partial charge in [-0.05, 0) is 45.8 Å². The lowest BCUT2D eigenvalue weighted by Crippen LogP contribution is -2.35. The summed E-state index contributed by atoms with van der Waals surface area (Å²) in [5, 5.41) is 11.1. The molecule has 0 aromatic carbocycles. The molecule has 0 amide bonds. The van der Waals surface area contributed by atoms with Crippen molar-refractivity contribution < 1.29 is 0 Å². The maximum Gasteiger partial charge on any atom is 0.0794 e. The normalized spacial score (nSPS) is 16.8. The first-order valence-corrected chi connectivity index (χ1v) is 6.10. The number of aryl methyl sites for hydroxylation is 1. The smallest absolute Gasteiger partial charge is 0.0794 e. The molecule has 0 saturated heterocycles. The second-order valence-electron chi connectivity index (χ2n) is 5.03. The Bertz CT molecular complexity index is 343. The van der Waals surface area contributed by atoms with Gasteiger partial charge in [-0.3, -0.25) is 5.10 Å². The molecule has 1 aliphatic rings. The van der Waals surface area contributed by atoms with E-state index in [2.05, 4.69) is 41.4 Å². The molecule has 2 rings (SSSR count). The highest BCUT2D eigenvalue weighted by Gasteiger charge is 2.18. The van der Waals surface area contributed by atoms with E-state index >= 15 is 0 Å². The van der Waals surface area contributed by atoms with Gasteiger partial charge in [0.2, 0.25) is 0 Å². The van der Waals surface area contributed by atoms with Gasteiger partial charge in [0.25, 0.3) is 0 Å². The Morgan fingerprint density at radius 1 is 1.44 bits per heavy atom. The molecule has 4 nitrogen and oxygen atoms in total. The number of aromatic amines is 1. The minimum Gasteiger partial charge on any atom is -0.308 e. The minimum atomic E-state index is 0.503. The van der Waals surface area contributed by atoms with Crippen LogP contribution >= 0.6 is 0 Å². The molecule has 1 aromatic rings. The number of likely N-dealkylation sites (N-methyl/N-ethyl adjacent to an activating group) is 1. The molecule has 1 aromatic heterocycles. The molecule has 1 unspecified atom stereocenters. The van der Waals surface area contributed by atoms with Crippen LogP contribution in [0.1, 0.15) is 30.3 Å². The van der Waals surface area contributed by atoms with Crippen molar-refractivity contribution in [2.45, 2.75) is 38.8 Å². The van der Waals surface area contributed by atoms with E-state index in [1.54, 1.807) is 0 Å². The Balaban J connectivity index is 1.85. The van der Waals surface area contributed by atoms with Crippen LogP contribution in [0.15, 0.2) is 0 Å². The summed E-state index contributed by atoms with van der Waals surface area (Å²) in [6, 6.07) is 0.503. The lowest BCUT2D eigenvalue weighted by Gasteiger charge is -2.17. The van der Waals surface area contributed by atoms with Crippen molar-refractivity contribution in [3.05, 3.63) is 17.0 Å². The van der Waals surface area contributed by atoms with Gasteiger partial charge in [0, 0.05) is 24.8 Å². The lowest BCUT2D eigenvalue weighted by atomic mass is 10.2. The van der Waals surface area contributed by atoms with Crippen molar-refractivity contribution in [1.82, 2.24) is 20.4 Å². The fourth-order valence-electron chi connectivity index (χ4n) is 2.42. The first-order chi connectivity index (χ1) is 7.66. The van der Waals surface area contributed by atoms with E-state index in [1.165, 1.54) is 36.2 Å². The molecule has 0 bridgehead atoms. The summed E-state index contributed by atoms with van der Waals surface area (Å²) in [6.07, 6.45) is 3.66. The van der Waals surface area contributed by atoms with Crippen LogP contribution in [0.3, 0.4) is 0 Å². The fraction of sp³-hybridized carbons (Fsp3) is 0.750. The highest BCUT2D eigenvalue weighted by atomic mass is 15.1. The Morgan fingerprint density at radius 2 is 2.25 bits per heavy atom. The number of fused-ring (bicyclic) bond motifs is 1. The Hall–Kier alpha value is -0.870. The van der Waals surface area contributed by atoms with Gasteiger partial charge in [0.1, 0.15) is 0 Å². The summed E-state index contributed by atoms with van der Waals surface area (Å²) in [6.45, 7) is 4.17. The van der Waals surface area contributed by atoms with Gasteiger partial charge < -0.3 is 10.2 Å². The number of aromatic nitrogens is 2. The maximum atomic E-state index is 4.39. The minimum absolute atomic E-state index is 0.503. The summed E-state index contributed by atoms with van der Waals surface area (Å²) in [5.41, 5.74) is 4.04. The molecule has 0 spiro atoms. The quantitative estimate of drug-likeness (QED) is 0.779. The van der Waals surface area contributed by atoms with Crippen LogP contribution in [0.4, 0.5) is 0 Å². The Kier molecular flexibility index (Phi) is 3.61. The molecular weight excluding hydrogens is 200 g/mol. The van der Waals surface area contributed by atoms with E-state index in [1.807, 2.05) is 0 Å². The molecule has 1 heterocycles. The van der Waals surface area contributed by atoms with Crippen molar-refractivity contribution in [3.63, 3.8) is 0 Å². The number of hydrogen-bond acceptors (Lipinski definition) is 3. The largest absolute Gasteiger partial charge is 0.308 e. The van der Waals surface area contributed by atoms with E-state index in [9.17, 15) is 0 Å². The summed E-state index contributed by atoms with van der Waals surface area (Å²) in [7, 11) is 4.20. The van der Waals surface area contributed by atoms with E-state index in [0.29, 0.717) is 6.04 Å². The monoisotopic (exact) mass is 222 g/mol. The molecule has 1 aliphatic carbocycles. The number of hydrogen-bond donors (Lipinski definition) is 2. The number of nitrogens with zero attached hydrogens (tertiary/aromatic N) is 2. The van der Waals surface area contributed by atoms with Crippen molar-refractivity contribution >= 4 is 0 Å². The third-order valence-corrected chi connectivity index (χ3v) is 3.15. The first-order valence-electron chi connectivity index (χ1n) is 6.10. The van der Waals surface area contributed by atoms with E-state index in [-0.39, 0.29) is 0 Å². The Morgan fingerprint density at radius 3 is 3.00 bits per heavy atom. The molecule has 0 fully saturated rings. The van der Waals surface area contributed by atoms with Gasteiger partial charge >= 0.3 is 0 Å². The van der Waals surface area contributed by atoms with Crippen LogP contribution < -0.4 is 5.32 Å². The van der Waals surface area contributed by atoms with Crippen molar-refractivity contribution in [2.24, 2.45) is 0 Å². The van der Waals surface area contributed by atoms with Gasteiger partial charge in [-0.2, -0.15) is 5.10 Å². The molecule has 2 N–H and O–H groups in total. The molecular formula is C12H22N4. The Labute approximate surface area is 97.4 Å². The van der Waals surface area contributed by atoms with E-state index in [4.69, 9.17) is 0 Å². The van der Waals surface area contributed by atoms with Crippen molar-refractivity contribution in [3.8, 4) is 0 Å². The highest BCUT2D eigenvalue weighted by Crippen LogP contribution is 2.22. The molecule has 0 radical (unpaired) electrons. The van der Waals surface area contributed by atoms with Gasteiger partial charge in [0.15, 0.2) is 0 Å². The summed E-state index contributed by atoms with van der Waals surface area (Å²) >= 11 is 0. The predicted molar refractivity (Wildman–Crippen MR) is 65.5 cm³/mol. The van der Waals surface area contributed by atoms with Crippen molar-refractivity contribution in [1.29, 1.82) is 0 Å². The van der Waals surface area contributed by atoms with Crippen LogP contribution in [0.25, 0.3) is 0 Å². The molecule has 0 saturated carbocycles. The van der Waals surface area contributed by atoms with Crippen LogP contribution in [0.2, 0.25) is 0 Å². The molecule has 1 atom stereocenters. The topological polar surface area (TPSA) is 44.0 Å². The zero-order chi connectivity index (χ0) is 11.5. The van der Waals surface area contributed by atoms with E-state index in [0.717, 1.165) is 13.1 Å². The van der Waals surface area contributed by atoms with E-state index < -0.39 is 0 Å². The maximum absolute atomic E-state index is 4.39. The summed E-state index contributed by atoms with van der Waals surface area (Å²) in [5.74, 6) is 0. The predicted octanol–water partition coefficient (Wildman–Crippen LogP) is 0.938. The number of nitrogens with one attached hydrogen (secondary N) is 2. The van der Waals surface area contributed by atoms with Crippen molar-refractivity contribution in [2.75, 3.05) is 20.6 Å². The van der Waals surface area contributed by atoms with Crippen LogP contribution in [0.5, 0.6) is 0 Å². The highest BCUT2D eigenvalue weighted by molar-refractivity contribution is 5.29. The standard InChI is InChI=1S/C12H22N4/c1-9(8-16(2)3)13-7-12-10-5-4-6-11(10)14-15-12/h9,13H,4-8H2,1-3H3,(H,14,15). The van der Waals surface area contributed by atoms with Gasteiger partial charge in [-0.15, -0.1) is 0 Å². The SMILES string of the molecule is CC(CN(C)C)NCc1n[nH]c2c1CCC2. The molecule has 0 aliphatic heterocycles. The molecule has 4 heteroatoms. The fourth-order valence-corrected chi connectivity index (χ4v) is 2.42. The summed E-state index contributed by atoms with van der Waals surface area (Å²) in [4.78, 5) is 2.20.